The number of likely N-dealkylation sites (tertiary alicyclic amines) is 1. The maximum atomic E-state index is 12.6. The van der Waals surface area contributed by atoms with Crippen molar-refractivity contribution < 1.29 is 4.79 Å². The number of amides is 1. The molecule has 0 aliphatic carbocycles. The molecule has 2 aromatic rings. The van der Waals surface area contributed by atoms with E-state index in [2.05, 4.69) is 22.5 Å². The van der Waals surface area contributed by atoms with Crippen molar-refractivity contribution in [3.8, 4) is 11.3 Å². The predicted molar refractivity (Wildman–Crippen MR) is 97.9 cm³/mol. The third-order valence-electron chi connectivity index (χ3n) is 4.10. The second-order valence-corrected chi connectivity index (χ2v) is 8.31. The molecule has 3 nitrogen and oxygen atoms in total. The molecule has 122 valence electrons. The second kappa shape index (κ2) is 7.97. The van der Waals surface area contributed by atoms with Gasteiger partial charge in [0.2, 0.25) is 5.91 Å². The molecule has 5 heteroatoms. The highest BCUT2D eigenvalue weighted by atomic mass is 32.2. The lowest BCUT2D eigenvalue weighted by Gasteiger charge is -2.23. The summed E-state index contributed by atoms with van der Waals surface area (Å²) in [6, 6.07) is 10.2. The minimum absolute atomic E-state index is 0.0668. The van der Waals surface area contributed by atoms with Crippen LogP contribution < -0.4 is 0 Å². The van der Waals surface area contributed by atoms with Crippen molar-refractivity contribution in [2.75, 3.05) is 13.1 Å². The summed E-state index contributed by atoms with van der Waals surface area (Å²) in [6.07, 6.45) is 4.77. The highest BCUT2D eigenvalue weighted by Crippen LogP contribution is 2.31. The Hall–Kier alpha value is -1.33. The largest absolute Gasteiger partial charge is 0.342 e. The molecule has 0 radical (unpaired) electrons. The number of carbonyl (C=O) groups is 1. The highest BCUT2D eigenvalue weighted by molar-refractivity contribution is 8.02. The fourth-order valence-corrected chi connectivity index (χ4v) is 4.86. The SMILES string of the molecule is CC(Sc1nc(-c2ccccc2)cs1)C(=O)N1CCCCCC1. The van der Waals surface area contributed by atoms with Crippen LogP contribution in [0.3, 0.4) is 0 Å². The van der Waals surface area contributed by atoms with Gasteiger partial charge in [0.05, 0.1) is 10.9 Å². The Kier molecular flexibility index (Phi) is 5.73. The van der Waals surface area contributed by atoms with E-state index in [0.717, 1.165) is 41.5 Å². The van der Waals surface area contributed by atoms with E-state index in [4.69, 9.17) is 0 Å². The van der Waals surface area contributed by atoms with Gasteiger partial charge >= 0.3 is 0 Å². The third kappa shape index (κ3) is 4.36. The number of benzene rings is 1. The molecule has 0 bridgehead atoms. The van der Waals surface area contributed by atoms with Crippen LogP contribution in [0.5, 0.6) is 0 Å². The van der Waals surface area contributed by atoms with Crippen LogP contribution in [0, 0.1) is 0 Å². The first-order chi connectivity index (χ1) is 11.2. The number of aromatic nitrogens is 1. The number of nitrogens with zero attached hydrogens (tertiary/aromatic N) is 2. The summed E-state index contributed by atoms with van der Waals surface area (Å²) in [5.74, 6) is 0.258. The first-order valence-corrected chi connectivity index (χ1v) is 9.96. The summed E-state index contributed by atoms with van der Waals surface area (Å²) in [6.45, 7) is 3.83. The highest BCUT2D eigenvalue weighted by Gasteiger charge is 2.23. The molecule has 0 N–H and O–H groups in total. The second-order valence-electron chi connectivity index (χ2n) is 5.86. The lowest BCUT2D eigenvalue weighted by Crippen LogP contribution is -2.37. The molecule has 1 unspecified atom stereocenters. The number of thiazole rings is 1. The minimum Gasteiger partial charge on any atom is -0.342 e. The molecule has 1 saturated heterocycles. The zero-order valence-electron chi connectivity index (χ0n) is 13.4. The molecule has 1 atom stereocenters. The molecule has 23 heavy (non-hydrogen) atoms. The third-order valence-corrected chi connectivity index (χ3v) is 6.16. The summed E-state index contributed by atoms with van der Waals surface area (Å²) in [5.41, 5.74) is 2.12. The summed E-state index contributed by atoms with van der Waals surface area (Å²) >= 11 is 3.21. The lowest BCUT2D eigenvalue weighted by molar-refractivity contribution is -0.130. The van der Waals surface area contributed by atoms with E-state index in [9.17, 15) is 4.79 Å². The van der Waals surface area contributed by atoms with Crippen LogP contribution in [-0.4, -0.2) is 34.1 Å². The van der Waals surface area contributed by atoms with Crippen LogP contribution in [0.2, 0.25) is 0 Å². The summed E-state index contributed by atoms with van der Waals surface area (Å²) in [4.78, 5) is 19.3. The Balaban J connectivity index is 1.62. The monoisotopic (exact) mass is 346 g/mol. The Bertz CT molecular complexity index is 633. The Morgan fingerprint density at radius 1 is 1.17 bits per heavy atom. The number of rotatable bonds is 4. The standard InChI is InChI=1S/C18H22N2OS2/c1-14(17(21)20-11-7-2-3-8-12-20)23-18-19-16(13-22-18)15-9-5-4-6-10-15/h4-6,9-10,13-14H,2-3,7-8,11-12H2,1H3. The van der Waals surface area contributed by atoms with Crippen LogP contribution in [0.25, 0.3) is 11.3 Å². The van der Waals surface area contributed by atoms with Crippen LogP contribution in [-0.2, 0) is 4.79 Å². The predicted octanol–water partition coefficient (Wildman–Crippen LogP) is 4.69. The van der Waals surface area contributed by atoms with Gasteiger partial charge in [-0.25, -0.2) is 4.98 Å². The first kappa shape index (κ1) is 16.5. The van der Waals surface area contributed by atoms with Gasteiger partial charge < -0.3 is 4.90 Å². The van der Waals surface area contributed by atoms with Gasteiger partial charge in [-0.15, -0.1) is 11.3 Å². The van der Waals surface area contributed by atoms with Crippen LogP contribution in [0.1, 0.15) is 32.6 Å². The van der Waals surface area contributed by atoms with Gasteiger partial charge in [0, 0.05) is 24.0 Å². The Labute approximate surface area is 146 Å². The smallest absolute Gasteiger partial charge is 0.235 e. The molecule has 1 aromatic carbocycles. The molecular formula is C18H22N2OS2. The average Bonchev–Trinajstić information content (AvgIpc) is 2.88. The van der Waals surface area contributed by atoms with Gasteiger partial charge in [-0.2, -0.15) is 0 Å². The van der Waals surface area contributed by atoms with Gasteiger partial charge in [0.15, 0.2) is 4.34 Å². The number of carbonyl (C=O) groups excluding carboxylic acids is 1. The van der Waals surface area contributed by atoms with Gasteiger partial charge in [-0.1, -0.05) is 54.9 Å². The van der Waals surface area contributed by atoms with Crippen molar-refractivity contribution in [1.29, 1.82) is 0 Å². The number of hydrogen-bond donors (Lipinski definition) is 0. The lowest BCUT2D eigenvalue weighted by atomic mass is 10.2. The topological polar surface area (TPSA) is 33.2 Å². The van der Waals surface area contributed by atoms with Crippen molar-refractivity contribution in [3.05, 3.63) is 35.7 Å². The van der Waals surface area contributed by atoms with Gasteiger partial charge in [-0.3, -0.25) is 4.79 Å². The molecule has 1 aliphatic heterocycles. The first-order valence-electron chi connectivity index (χ1n) is 8.20. The van der Waals surface area contributed by atoms with E-state index in [1.165, 1.54) is 12.8 Å². The van der Waals surface area contributed by atoms with E-state index >= 15 is 0 Å². The maximum Gasteiger partial charge on any atom is 0.235 e. The molecule has 1 aromatic heterocycles. The van der Waals surface area contributed by atoms with Crippen LogP contribution >= 0.6 is 23.1 Å². The molecule has 2 heterocycles. The molecule has 1 fully saturated rings. The van der Waals surface area contributed by atoms with E-state index < -0.39 is 0 Å². The normalized spacial score (nSPS) is 16.8. The van der Waals surface area contributed by atoms with Crippen LogP contribution in [0.15, 0.2) is 40.1 Å². The van der Waals surface area contributed by atoms with Crippen molar-refractivity contribution in [1.82, 2.24) is 9.88 Å². The van der Waals surface area contributed by atoms with Crippen molar-refractivity contribution in [2.24, 2.45) is 0 Å². The van der Waals surface area contributed by atoms with Gasteiger partial charge in [0.25, 0.3) is 0 Å². The average molecular weight is 347 g/mol. The molecule has 0 saturated carbocycles. The zero-order valence-corrected chi connectivity index (χ0v) is 15.0. The molecule has 0 spiro atoms. The molecule has 3 rings (SSSR count). The number of hydrogen-bond acceptors (Lipinski definition) is 4. The van der Waals surface area contributed by atoms with Crippen molar-refractivity contribution in [2.45, 2.75) is 42.2 Å². The quantitative estimate of drug-likeness (QED) is 0.753. The number of thioether (sulfide) groups is 1. The van der Waals surface area contributed by atoms with E-state index in [1.807, 2.05) is 30.0 Å². The minimum atomic E-state index is -0.0668. The summed E-state index contributed by atoms with van der Waals surface area (Å²) in [7, 11) is 0. The van der Waals surface area contributed by atoms with E-state index in [1.54, 1.807) is 23.1 Å². The molecule has 1 amide bonds. The fourth-order valence-electron chi connectivity index (χ4n) is 2.80. The van der Waals surface area contributed by atoms with Gasteiger partial charge in [-0.05, 0) is 19.8 Å². The zero-order chi connectivity index (χ0) is 16.1. The summed E-state index contributed by atoms with van der Waals surface area (Å²) in [5, 5.41) is 2.00. The van der Waals surface area contributed by atoms with Crippen molar-refractivity contribution >= 4 is 29.0 Å². The Morgan fingerprint density at radius 2 is 1.87 bits per heavy atom. The molecular weight excluding hydrogens is 324 g/mol. The fraction of sp³-hybridized carbons (Fsp3) is 0.444. The van der Waals surface area contributed by atoms with Crippen LogP contribution in [0.4, 0.5) is 0 Å². The summed E-state index contributed by atoms with van der Waals surface area (Å²) < 4.78 is 0.972. The van der Waals surface area contributed by atoms with E-state index in [-0.39, 0.29) is 11.2 Å². The van der Waals surface area contributed by atoms with E-state index in [0.29, 0.717) is 0 Å². The van der Waals surface area contributed by atoms with Crippen molar-refractivity contribution in [3.63, 3.8) is 0 Å². The maximum absolute atomic E-state index is 12.6. The Morgan fingerprint density at radius 3 is 2.57 bits per heavy atom. The van der Waals surface area contributed by atoms with Gasteiger partial charge in [0.1, 0.15) is 0 Å². The molecule has 1 aliphatic rings.